The predicted molar refractivity (Wildman–Crippen MR) is 74.8 cm³/mol. The average molecular weight is 273 g/mol. The molecule has 0 saturated carbocycles. The van der Waals surface area contributed by atoms with Gasteiger partial charge in [-0.15, -0.1) is 0 Å². The lowest BCUT2D eigenvalue weighted by molar-refractivity contribution is 0.0694. The van der Waals surface area contributed by atoms with Gasteiger partial charge in [0.25, 0.3) is 0 Å². The number of hydrogen-bond donors (Lipinski definition) is 1. The van der Waals surface area contributed by atoms with Crippen LogP contribution in [0.1, 0.15) is 35.3 Å². The van der Waals surface area contributed by atoms with Crippen molar-refractivity contribution in [2.24, 2.45) is 0 Å². The number of ether oxygens (including phenoxy) is 1. The SMILES string of the molecule is COc1cc2c3c(c1)c(=O)c(C(=O)O)cn3C(C)CC2. The van der Waals surface area contributed by atoms with Crippen LogP contribution in [0.2, 0.25) is 0 Å². The first-order chi connectivity index (χ1) is 9.52. The third kappa shape index (κ3) is 1.70. The van der Waals surface area contributed by atoms with Gasteiger partial charge in [0.2, 0.25) is 5.43 Å². The van der Waals surface area contributed by atoms with E-state index >= 15 is 0 Å². The van der Waals surface area contributed by atoms with Crippen LogP contribution in [0.3, 0.4) is 0 Å². The topological polar surface area (TPSA) is 68.5 Å². The number of carboxylic acids is 1. The molecule has 5 heteroatoms. The predicted octanol–water partition coefficient (Wildman–Crippen LogP) is 2.22. The van der Waals surface area contributed by atoms with E-state index in [1.54, 1.807) is 13.2 Å². The molecule has 0 aliphatic carbocycles. The Morgan fingerprint density at radius 2 is 2.20 bits per heavy atom. The summed E-state index contributed by atoms with van der Waals surface area (Å²) in [7, 11) is 1.54. The van der Waals surface area contributed by atoms with Crippen LogP contribution in [0, 0.1) is 0 Å². The number of benzene rings is 1. The second kappa shape index (κ2) is 4.37. The number of nitrogens with zero attached hydrogens (tertiary/aromatic N) is 1. The first kappa shape index (κ1) is 12.7. The van der Waals surface area contributed by atoms with Crippen LogP contribution in [-0.2, 0) is 6.42 Å². The number of aromatic nitrogens is 1. The summed E-state index contributed by atoms with van der Waals surface area (Å²) in [4.78, 5) is 23.6. The minimum absolute atomic E-state index is 0.178. The summed E-state index contributed by atoms with van der Waals surface area (Å²) in [6.45, 7) is 2.03. The summed E-state index contributed by atoms with van der Waals surface area (Å²) in [5, 5.41) is 9.62. The second-order valence-electron chi connectivity index (χ2n) is 5.15. The zero-order valence-corrected chi connectivity index (χ0v) is 11.3. The Morgan fingerprint density at radius 3 is 2.85 bits per heavy atom. The van der Waals surface area contributed by atoms with E-state index in [0.717, 1.165) is 23.9 Å². The first-order valence-electron chi connectivity index (χ1n) is 6.52. The smallest absolute Gasteiger partial charge is 0.341 e. The minimum atomic E-state index is -1.19. The fourth-order valence-corrected chi connectivity index (χ4v) is 2.86. The molecule has 0 spiro atoms. The van der Waals surface area contributed by atoms with Gasteiger partial charge in [0.05, 0.1) is 18.0 Å². The number of carboxylic acid groups (broad SMARTS) is 1. The summed E-state index contributed by atoms with van der Waals surface area (Å²) >= 11 is 0. The van der Waals surface area contributed by atoms with Crippen molar-refractivity contribution in [2.75, 3.05) is 7.11 Å². The largest absolute Gasteiger partial charge is 0.497 e. The summed E-state index contributed by atoms with van der Waals surface area (Å²) in [5.41, 5.74) is 1.23. The molecule has 2 aromatic rings. The van der Waals surface area contributed by atoms with E-state index in [1.165, 1.54) is 6.20 Å². The Bertz CT molecular complexity index is 776. The fraction of sp³-hybridized carbons (Fsp3) is 0.333. The molecule has 1 unspecified atom stereocenters. The van der Waals surface area contributed by atoms with Crippen LogP contribution in [0.4, 0.5) is 0 Å². The van der Waals surface area contributed by atoms with Gasteiger partial charge in [0, 0.05) is 12.2 Å². The molecule has 5 nitrogen and oxygen atoms in total. The van der Waals surface area contributed by atoms with E-state index in [0.29, 0.717) is 11.1 Å². The maximum absolute atomic E-state index is 12.3. The van der Waals surface area contributed by atoms with Crippen molar-refractivity contribution in [2.45, 2.75) is 25.8 Å². The van der Waals surface area contributed by atoms with E-state index in [4.69, 9.17) is 4.74 Å². The number of pyridine rings is 1. The molecule has 0 fully saturated rings. The molecule has 2 heterocycles. The molecule has 1 N–H and O–H groups in total. The lowest BCUT2D eigenvalue weighted by atomic mass is 9.96. The molecule has 1 atom stereocenters. The zero-order valence-electron chi connectivity index (χ0n) is 11.3. The second-order valence-corrected chi connectivity index (χ2v) is 5.15. The Balaban J connectivity index is 2.50. The number of rotatable bonds is 2. The lowest BCUT2D eigenvalue weighted by Gasteiger charge is -2.26. The molecule has 3 rings (SSSR count). The Labute approximate surface area is 115 Å². The van der Waals surface area contributed by atoms with Crippen LogP contribution in [0.25, 0.3) is 10.9 Å². The van der Waals surface area contributed by atoms with Crippen molar-refractivity contribution in [3.05, 3.63) is 39.7 Å². The van der Waals surface area contributed by atoms with Crippen LogP contribution >= 0.6 is 0 Å². The lowest BCUT2D eigenvalue weighted by Crippen LogP contribution is -2.23. The molecule has 0 amide bonds. The summed E-state index contributed by atoms with van der Waals surface area (Å²) in [5.74, 6) is -0.601. The molecule has 0 radical (unpaired) electrons. The summed E-state index contributed by atoms with van der Waals surface area (Å²) < 4.78 is 7.12. The molecular formula is C15H15NO4. The van der Waals surface area contributed by atoms with Gasteiger partial charge in [-0.1, -0.05) is 0 Å². The Morgan fingerprint density at radius 1 is 1.45 bits per heavy atom. The number of hydrogen-bond acceptors (Lipinski definition) is 3. The third-order valence-electron chi connectivity index (χ3n) is 3.95. The molecule has 1 aromatic heterocycles. The number of aryl methyl sites for hydroxylation is 1. The first-order valence-corrected chi connectivity index (χ1v) is 6.52. The van der Waals surface area contributed by atoms with Gasteiger partial charge in [-0.3, -0.25) is 4.79 Å². The molecule has 0 bridgehead atoms. The van der Waals surface area contributed by atoms with Crippen LogP contribution < -0.4 is 10.2 Å². The average Bonchev–Trinajstić information content (AvgIpc) is 2.44. The molecule has 1 aromatic carbocycles. The number of aromatic carboxylic acids is 1. The third-order valence-corrected chi connectivity index (χ3v) is 3.95. The Hall–Kier alpha value is -2.30. The maximum Gasteiger partial charge on any atom is 0.341 e. The Kier molecular flexibility index (Phi) is 2.78. The van der Waals surface area contributed by atoms with Crippen molar-refractivity contribution in [1.29, 1.82) is 0 Å². The highest BCUT2D eigenvalue weighted by molar-refractivity contribution is 5.94. The van der Waals surface area contributed by atoms with Crippen LogP contribution in [-0.4, -0.2) is 22.8 Å². The highest BCUT2D eigenvalue weighted by Crippen LogP contribution is 2.32. The molecule has 20 heavy (non-hydrogen) atoms. The summed E-state index contributed by atoms with van der Waals surface area (Å²) in [6, 6.07) is 3.73. The van der Waals surface area contributed by atoms with Crippen molar-refractivity contribution in [3.8, 4) is 5.75 Å². The quantitative estimate of drug-likeness (QED) is 0.911. The fourth-order valence-electron chi connectivity index (χ4n) is 2.86. The van der Waals surface area contributed by atoms with Crippen molar-refractivity contribution in [3.63, 3.8) is 0 Å². The van der Waals surface area contributed by atoms with Gasteiger partial charge in [-0.25, -0.2) is 4.79 Å². The molecule has 0 saturated heterocycles. The minimum Gasteiger partial charge on any atom is -0.497 e. The van der Waals surface area contributed by atoms with Crippen LogP contribution in [0.5, 0.6) is 5.75 Å². The monoisotopic (exact) mass is 273 g/mol. The maximum atomic E-state index is 12.3. The number of carbonyl (C=O) groups is 1. The highest BCUT2D eigenvalue weighted by atomic mass is 16.5. The molecule has 1 aliphatic rings. The zero-order chi connectivity index (χ0) is 14.4. The van der Waals surface area contributed by atoms with Crippen LogP contribution in [0.15, 0.2) is 23.1 Å². The van der Waals surface area contributed by atoms with Crippen molar-refractivity contribution < 1.29 is 14.6 Å². The van der Waals surface area contributed by atoms with Gasteiger partial charge in [-0.2, -0.15) is 0 Å². The highest BCUT2D eigenvalue weighted by Gasteiger charge is 2.23. The standard InChI is InChI=1S/C15H15NO4/c1-8-3-4-9-5-10(20-2)6-11-13(9)16(8)7-12(14(11)17)15(18)19/h5-8H,3-4H2,1-2H3,(H,18,19). The normalized spacial score (nSPS) is 17.2. The van der Waals surface area contributed by atoms with Gasteiger partial charge >= 0.3 is 5.97 Å². The molecular weight excluding hydrogens is 258 g/mol. The van der Waals surface area contributed by atoms with E-state index in [1.807, 2.05) is 17.6 Å². The van der Waals surface area contributed by atoms with Gasteiger partial charge in [0.1, 0.15) is 11.3 Å². The van der Waals surface area contributed by atoms with E-state index in [2.05, 4.69) is 0 Å². The van der Waals surface area contributed by atoms with Gasteiger partial charge in [-0.05, 0) is 37.5 Å². The van der Waals surface area contributed by atoms with E-state index < -0.39 is 11.4 Å². The van der Waals surface area contributed by atoms with Gasteiger partial charge < -0.3 is 14.4 Å². The molecule has 1 aliphatic heterocycles. The number of methoxy groups -OCH3 is 1. The van der Waals surface area contributed by atoms with Crippen molar-refractivity contribution >= 4 is 16.9 Å². The van der Waals surface area contributed by atoms with Gasteiger partial charge in [0.15, 0.2) is 0 Å². The molecule has 104 valence electrons. The van der Waals surface area contributed by atoms with E-state index in [-0.39, 0.29) is 11.6 Å². The van der Waals surface area contributed by atoms with E-state index in [9.17, 15) is 14.7 Å². The summed E-state index contributed by atoms with van der Waals surface area (Å²) in [6.07, 6.45) is 3.24. The van der Waals surface area contributed by atoms with Crippen molar-refractivity contribution in [1.82, 2.24) is 4.57 Å².